The van der Waals surface area contributed by atoms with Crippen molar-refractivity contribution in [3.05, 3.63) is 28.0 Å². The lowest BCUT2D eigenvalue weighted by molar-refractivity contribution is 0.181. The second kappa shape index (κ2) is 4.79. The van der Waals surface area contributed by atoms with Crippen LogP contribution < -0.4 is 10.5 Å². The standard InChI is InChI=1S/C10H13ClFNO2/c1-5-3-6(12)9(11)8(7(14)4-13)10(5)15-2/h3,7,14H,4,13H2,1-2H3. The van der Waals surface area contributed by atoms with Gasteiger partial charge in [-0.2, -0.15) is 0 Å². The van der Waals surface area contributed by atoms with Gasteiger partial charge in [0.1, 0.15) is 11.6 Å². The molecule has 1 atom stereocenters. The van der Waals surface area contributed by atoms with E-state index in [1.807, 2.05) is 0 Å². The fourth-order valence-electron chi connectivity index (χ4n) is 1.45. The van der Waals surface area contributed by atoms with Gasteiger partial charge in [0.05, 0.1) is 18.2 Å². The van der Waals surface area contributed by atoms with Gasteiger partial charge in [-0.05, 0) is 18.6 Å². The average molecular weight is 234 g/mol. The normalized spacial score (nSPS) is 12.7. The van der Waals surface area contributed by atoms with Gasteiger partial charge in [0.25, 0.3) is 0 Å². The summed E-state index contributed by atoms with van der Waals surface area (Å²) in [6, 6.07) is 1.26. The molecule has 84 valence electrons. The second-order valence-electron chi connectivity index (χ2n) is 3.19. The Morgan fingerprint density at radius 1 is 1.67 bits per heavy atom. The molecule has 3 N–H and O–H groups in total. The maximum Gasteiger partial charge on any atom is 0.142 e. The number of hydrogen-bond acceptors (Lipinski definition) is 3. The van der Waals surface area contributed by atoms with Crippen molar-refractivity contribution < 1.29 is 14.2 Å². The van der Waals surface area contributed by atoms with Crippen LogP contribution in [0.3, 0.4) is 0 Å². The molecule has 3 nitrogen and oxygen atoms in total. The average Bonchev–Trinajstić information content (AvgIpc) is 2.21. The summed E-state index contributed by atoms with van der Waals surface area (Å²) >= 11 is 5.75. The molecule has 0 aliphatic rings. The number of benzene rings is 1. The third-order valence-electron chi connectivity index (χ3n) is 2.15. The highest BCUT2D eigenvalue weighted by Gasteiger charge is 2.21. The molecule has 0 amide bonds. The van der Waals surface area contributed by atoms with Crippen LogP contribution in [0.2, 0.25) is 5.02 Å². The molecule has 1 unspecified atom stereocenters. The maximum atomic E-state index is 13.3. The number of hydrogen-bond donors (Lipinski definition) is 2. The highest BCUT2D eigenvalue weighted by atomic mass is 35.5. The van der Waals surface area contributed by atoms with Crippen molar-refractivity contribution in [3.63, 3.8) is 0 Å². The molecule has 0 saturated heterocycles. The van der Waals surface area contributed by atoms with E-state index in [-0.39, 0.29) is 17.1 Å². The molecule has 0 fully saturated rings. The van der Waals surface area contributed by atoms with Crippen LogP contribution in [-0.2, 0) is 0 Å². The van der Waals surface area contributed by atoms with Crippen LogP contribution in [0.5, 0.6) is 5.75 Å². The quantitative estimate of drug-likeness (QED) is 0.837. The number of aryl methyl sites for hydroxylation is 1. The Morgan fingerprint density at radius 3 is 2.73 bits per heavy atom. The van der Waals surface area contributed by atoms with Crippen molar-refractivity contribution >= 4 is 11.6 Å². The molecule has 0 radical (unpaired) electrons. The minimum atomic E-state index is -1.03. The van der Waals surface area contributed by atoms with Gasteiger partial charge >= 0.3 is 0 Å². The Bertz CT molecular complexity index is 371. The summed E-state index contributed by atoms with van der Waals surface area (Å²) in [6.07, 6.45) is -1.03. The maximum absolute atomic E-state index is 13.3. The summed E-state index contributed by atoms with van der Waals surface area (Å²) in [5.74, 6) is -0.211. The zero-order chi connectivity index (χ0) is 11.6. The van der Waals surface area contributed by atoms with Crippen molar-refractivity contribution in [2.24, 2.45) is 5.73 Å². The first-order chi connectivity index (χ1) is 7.02. The molecule has 0 aliphatic heterocycles. The Labute approximate surface area is 92.6 Å². The van der Waals surface area contributed by atoms with Crippen LogP contribution in [0, 0.1) is 12.7 Å². The topological polar surface area (TPSA) is 55.5 Å². The van der Waals surface area contributed by atoms with E-state index in [9.17, 15) is 9.50 Å². The number of halogens is 2. The molecule has 0 aromatic heterocycles. The number of ether oxygens (including phenoxy) is 1. The lowest BCUT2D eigenvalue weighted by Gasteiger charge is -2.17. The number of aliphatic hydroxyl groups is 1. The molecule has 0 bridgehead atoms. The van der Waals surface area contributed by atoms with Gasteiger partial charge in [0, 0.05) is 12.1 Å². The Balaban J connectivity index is 3.43. The van der Waals surface area contributed by atoms with Gasteiger partial charge in [-0.1, -0.05) is 11.6 Å². The van der Waals surface area contributed by atoms with E-state index >= 15 is 0 Å². The van der Waals surface area contributed by atoms with Crippen molar-refractivity contribution in [2.75, 3.05) is 13.7 Å². The van der Waals surface area contributed by atoms with E-state index in [1.54, 1.807) is 6.92 Å². The van der Waals surface area contributed by atoms with Crippen LogP contribution in [0.4, 0.5) is 4.39 Å². The number of nitrogens with two attached hydrogens (primary N) is 1. The predicted molar refractivity (Wildman–Crippen MR) is 56.7 cm³/mol. The zero-order valence-electron chi connectivity index (χ0n) is 8.55. The lowest BCUT2D eigenvalue weighted by atomic mass is 10.0. The summed E-state index contributed by atoms with van der Waals surface area (Å²) < 4.78 is 18.4. The first-order valence-corrected chi connectivity index (χ1v) is 4.81. The summed E-state index contributed by atoms with van der Waals surface area (Å²) in [5.41, 5.74) is 6.09. The van der Waals surface area contributed by atoms with Gasteiger partial charge < -0.3 is 15.6 Å². The van der Waals surface area contributed by atoms with Crippen molar-refractivity contribution in [2.45, 2.75) is 13.0 Å². The molecule has 5 heteroatoms. The number of rotatable bonds is 3. The fourth-order valence-corrected chi connectivity index (χ4v) is 1.71. The second-order valence-corrected chi connectivity index (χ2v) is 3.57. The third-order valence-corrected chi connectivity index (χ3v) is 2.54. The summed E-state index contributed by atoms with van der Waals surface area (Å²) in [6.45, 7) is 1.63. The third kappa shape index (κ3) is 2.22. The molecule has 1 aromatic rings. The highest BCUT2D eigenvalue weighted by molar-refractivity contribution is 6.31. The summed E-state index contributed by atoms with van der Waals surface area (Å²) in [5, 5.41) is 9.47. The van der Waals surface area contributed by atoms with Crippen molar-refractivity contribution in [1.29, 1.82) is 0 Å². The molecule has 0 aliphatic carbocycles. The minimum absolute atomic E-state index is 0.0427. The first-order valence-electron chi connectivity index (χ1n) is 4.43. The van der Waals surface area contributed by atoms with E-state index in [1.165, 1.54) is 13.2 Å². The van der Waals surface area contributed by atoms with Crippen molar-refractivity contribution in [1.82, 2.24) is 0 Å². The zero-order valence-corrected chi connectivity index (χ0v) is 9.31. The largest absolute Gasteiger partial charge is 0.496 e. The molecule has 0 saturated carbocycles. The molecule has 1 aromatic carbocycles. The van der Waals surface area contributed by atoms with E-state index in [0.29, 0.717) is 11.3 Å². The predicted octanol–water partition coefficient (Wildman–Crippen LogP) is 1.79. The van der Waals surface area contributed by atoms with Crippen LogP contribution in [0.15, 0.2) is 6.07 Å². The van der Waals surface area contributed by atoms with E-state index in [0.717, 1.165) is 0 Å². The Kier molecular flexibility index (Phi) is 3.90. The van der Waals surface area contributed by atoms with Crippen LogP contribution in [0.1, 0.15) is 17.2 Å². The van der Waals surface area contributed by atoms with Crippen LogP contribution >= 0.6 is 11.6 Å². The van der Waals surface area contributed by atoms with E-state index in [4.69, 9.17) is 22.1 Å². The van der Waals surface area contributed by atoms with Gasteiger partial charge in [-0.3, -0.25) is 0 Å². The minimum Gasteiger partial charge on any atom is -0.496 e. The molecule has 0 spiro atoms. The fraction of sp³-hybridized carbons (Fsp3) is 0.400. The van der Waals surface area contributed by atoms with E-state index < -0.39 is 11.9 Å². The number of methoxy groups -OCH3 is 1. The van der Waals surface area contributed by atoms with Crippen LogP contribution in [0.25, 0.3) is 0 Å². The highest BCUT2D eigenvalue weighted by Crippen LogP contribution is 2.36. The number of aliphatic hydroxyl groups excluding tert-OH is 1. The summed E-state index contributed by atoms with van der Waals surface area (Å²) in [4.78, 5) is 0. The van der Waals surface area contributed by atoms with Crippen molar-refractivity contribution in [3.8, 4) is 5.75 Å². The molecule has 0 heterocycles. The lowest BCUT2D eigenvalue weighted by Crippen LogP contribution is -2.14. The Morgan fingerprint density at radius 2 is 2.27 bits per heavy atom. The summed E-state index contributed by atoms with van der Waals surface area (Å²) in [7, 11) is 1.43. The van der Waals surface area contributed by atoms with Gasteiger partial charge in [0.2, 0.25) is 0 Å². The molecule has 1 rings (SSSR count). The van der Waals surface area contributed by atoms with Gasteiger partial charge in [-0.25, -0.2) is 4.39 Å². The van der Waals surface area contributed by atoms with E-state index in [2.05, 4.69) is 0 Å². The molecular formula is C10H13ClFNO2. The Hall–Kier alpha value is -0.840. The molecular weight excluding hydrogens is 221 g/mol. The first kappa shape index (κ1) is 12.2. The van der Waals surface area contributed by atoms with Gasteiger partial charge in [0.15, 0.2) is 0 Å². The van der Waals surface area contributed by atoms with Crippen LogP contribution in [-0.4, -0.2) is 18.8 Å². The smallest absolute Gasteiger partial charge is 0.142 e. The molecule has 15 heavy (non-hydrogen) atoms. The SMILES string of the molecule is COc1c(C)cc(F)c(Cl)c1C(O)CN. The van der Waals surface area contributed by atoms with Gasteiger partial charge in [-0.15, -0.1) is 0 Å². The monoisotopic (exact) mass is 233 g/mol.